The van der Waals surface area contributed by atoms with Gasteiger partial charge in [0, 0.05) is 11.8 Å². The summed E-state index contributed by atoms with van der Waals surface area (Å²) in [6.45, 7) is 0. The molecular formula is C18H25NO2. The zero-order chi connectivity index (χ0) is 14.6. The third-order valence-corrected chi connectivity index (χ3v) is 6.17. The topological polar surface area (TPSA) is 44.5 Å². The van der Waals surface area contributed by atoms with Crippen molar-refractivity contribution in [2.45, 2.75) is 43.9 Å². The van der Waals surface area contributed by atoms with Crippen LogP contribution in [0.3, 0.4) is 0 Å². The average molecular weight is 287 g/mol. The zero-order valence-electron chi connectivity index (χ0n) is 13.0. The smallest absolute Gasteiger partial charge is 0.162 e. The summed E-state index contributed by atoms with van der Waals surface area (Å²) < 4.78 is 10.9. The van der Waals surface area contributed by atoms with Gasteiger partial charge >= 0.3 is 0 Å². The highest BCUT2D eigenvalue weighted by Gasteiger charge is 2.52. The standard InChI is InChI=1S/C18H25NO2/c1-20-16-6-14(15(19)7-17(16)21-2)18-8-11-3-12(9-18)5-13(4-11)10-18/h6-7,11-13H,3-5,8-10,19H2,1-2H3. The molecule has 0 spiro atoms. The Bertz CT molecular complexity index is 531. The Balaban J connectivity index is 1.79. The van der Waals surface area contributed by atoms with Gasteiger partial charge in [0.25, 0.3) is 0 Å². The first-order valence-corrected chi connectivity index (χ1v) is 8.15. The van der Waals surface area contributed by atoms with Crippen LogP contribution in [0.2, 0.25) is 0 Å². The SMILES string of the molecule is COc1cc(N)c(C23CC4CC(CC(C4)C2)C3)cc1OC. The van der Waals surface area contributed by atoms with E-state index in [0.717, 1.165) is 34.9 Å². The number of anilines is 1. The van der Waals surface area contributed by atoms with Crippen molar-refractivity contribution in [3.8, 4) is 11.5 Å². The summed E-state index contributed by atoms with van der Waals surface area (Å²) in [6.07, 6.45) is 8.31. The molecule has 0 unspecified atom stereocenters. The largest absolute Gasteiger partial charge is 0.493 e. The van der Waals surface area contributed by atoms with Gasteiger partial charge in [-0.05, 0) is 73.3 Å². The summed E-state index contributed by atoms with van der Waals surface area (Å²) >= 11 is 0. The second kappa shape index (κ2) is 4.56. The Morgan fingerprint density at radius 2 is 1.38 bits per heavy atom. The number of hydrogen-bond donors (Lipinski definition) is 1. The summed E-state index contributed by atoms with van der Waals surface area (Å²) in [5.74, 6) is 4.32. The number of nitrogens with two attached hydrogens (primary N) is 1. The monoisotopic (exact) mass is 287 g/mol. The maximum Gasteiger partial charge on any atom is 0.162 e. The molecule has 5 rings (SSSR count). The van der Waals surface area contributed by atoms with Crippen molar-refractivity contribution in [3.63, 3.8) is 0 Å². The highest BCUT2D eigenvalue weighted by molar-refractivity contribution is 5.61. The van der Waals surface area contributed by atoms with Crippen molar-refractivity contribution in [2.24, 2.45) is 17.8 Å². The Labute approximate surface area is 126 Å². The van der Waals surface area contributed by atoms with Crippen molar-refractivity contribution in [1.29, 1.82) is 0 Å². The maximum absolute atomic E-state index is 6.41. The van der Waals surface area contributed by atoms with Crippen LogP contribution in [0.1, 0.15) is 44.1 Å². The molecule has 0 heterocycles. The molecule has 0 radical (unpaired) electrons. The second-order valence-electron chi connectivity index (χ2n) is 7.49. The first kappa shape index (κ1) is 13.3. The quantitative estimate of drug-likeness (QED) is 0.861. The minimum Gasteiger partial charge on any atom is -0.493 e. The molecule has 0 aliphatic heterocycles. The van der Waals surface area contributed by atoms with Gasteiger partial charge in [-0.2, -0.15) is 0 Å². The summed E-state index contributed by atoms with van der Waals surface area (Å²) in [5, 5.41) is 0. The Morgan fingerprint density at radius 3 is 1.86 bits per heavy atom. The molecule has 1 aromatic rings. The highest BCUT2D eigenvalue weighted by Crippen LogP contribution is 2.62. The Kier molecular flexibility index (Phi) is 2.88. The van der Waals surface area contributed by atoms with Crippen molar-refractivity contribution in [2.75, 3.05) is 20.0 Å². The van der Waals surface area contributed by atoms with E-state index in [2.05, 4.69) is 6.07 Å². The number of hydrogen-bond acceptors (Lipinski definition) is 3. The van der Waals surface area contributed by atoms with Gasteiger partial charge in [-0.15, -0.1) is 0 Å². The van der Waals surface area contributed by atoms with Gasteiger partial charge in [0.05, 0.1) is 14.2 Å². The lowest BCUT2D eigenvalue weighted by atomic mass is 9.48. The summed E-state index contributed by atoms with van der Waals surface area (Å²) in [5.41, 5.74) is 8.91. The van der Waals surface area contributed by atoms with Crippen LogP contribution in [0.25, 0.3) is 0 Å². The van der Waals surface area contributed by atoms with Crippen molar-refractivity contribution < 1.29 is 9.47 Å². The summed E-state index contributed by atoms with van der Waals surface area (Å²) in [7, 11) is 3.37. The number of rotatable bonds is 3. The zero-order valence-corrected chi connectivity index (χ0v) is 13.0. The summed E-state index contributed by atoms with van der Waals surface area (Å²) in [6, 6.07) is 4.11. The van der Waals surface area contributed by atoms with Gasteiger partial charge < -0.3 is 15.2 Å². The van der Waals surface area contributed by atoms with Gasteiger partial charge in [-0.3, -0.25) is 0 Å². The molecule has 2 N–H and O–H groups in total. The molecule has 3 heteroatoms. The van der Waals surface area contributed by atoms with Crippen LogP contribution in [0.4, 0.5) is 5.69 Å². The van der Waals surface area contributed by atoms with Crippen molar-refractivity contribution in [3.05, 3.63) is 17.7 Å². The average Bonchev–Trinajstić information content (AvgIpc) is 2.45. The van der Waals surface area contributed by atoms with Gasteiger partial charge in [-0.1, -0.05) is 0 Å². The van der Waals surface area contributed by atoms with Gasteiger partial charge in [0.2, 0.25) is 0 Å². The second-order valence-corrected chi connectivity index (χ2v) is 7.49. The maximum atomic E-state index is 6.41. The lowest BCUT2D eigenvalue weighted by molar-refractivity contribution is -0.00493. The minimum absolute atomic E-state index is 0.304. The minimum atomic E-state index is 0.304. The third kappa shape index (κ3) is 1.93. The van der Waals surface area contributed by atoms with E-state index >= 15 is 0 Å². The van der Waals surface area contributed by atoms with E-state index in [4.69, 9.17) is 15.2 Å². The normalized spacial score (nSPS) is 36.8. The Hall–Kier alpha value is -1.38. The molecule has 1 aromatic carbocycles. The fraction of sp³-hybridized carbons (Fsp3) is 0.667. The Morgan fingerprint density at radius 1 is 0.905 bits per heavy atom. The number of benzene rings is 1. The van der Waals surface area contributed by atoms with Gasteiger partial charge in [0.15, 0.2) is 11.5 Å². The molecule has 0 amide bonds. The third-order valence-electron chi connectivity index (χ3n) is 6.17. The number of ether oxygens (including phenoxy) is 2. The fourth-order valence-corrected chi connectivity index (χ4v) is 5.79. The first-order chi connectivity index (χ1) is 10.1. The van der Waals surface area contributed by atoms with Crippen LogP contribution in [0, 0.1) is 17.8 Å². The van der Waals surface area contributed by atoms with E-state index in [1.54, 1.807) is 14.2 Å². The van der Waals surface area contributed by atoms with Gasteiger partial charge in [0.1, 0.15) is 0 Å². The molecule has 0 aromatic heterocycles. The number of methoxy groups -OCH3 is 2. The highest BCUT2D eigenvalue weighted by atomic mass is 16.5. The fourth-order valence-electron chi connectivity index (χ4n) is 5.79. The van der Waals surface area contributed by atoms with E-state index < -0.39 is 0 Å². The molecule has 4 bridgehead atoms. The molecule has 4 saturated carbocycles. The van der Waals surface area contributed by atoms with Crippen LogP contribution in [-0.2, 0) is 5.41 Å². The molecule has 4 aliphatic carbocycles. The van der Waals surface area contributed by atoms with Crippen molar-refractivity contribution >= 4 is 5.69 Å². The predicted molar refractivity (Wildman–Crippen MR) is 83.8 cm³/mol. The van der Waals surface area contributed by atoms with E-state index in [0.29, 0.717) is 5.41 Å². The predicted octanol–water partition coefficient (Wildman–Crippen LogP) is 3.75. The molecule has 21 heavy (non-hydrogen) atoms. The van der Waals surface area contributed by atoms with E-state index in [1.807, 2.05) is 6.07 Å². The number of nitrogen functional groups attached to an aromatic ring is 1. The van der Waals surface area contributed by atoms with Crippen LogP contribution < -0.4 is 15.2 Å². The molecule has 0 saturated heterocycles. The van der Waals surface area contributed by atoms with E-state index in [-0.39, 0.29) is 0 Å². The molecule has 3 nitrogen and oxygen atoms in total. The molecule has 4 fully saturated rings. The van der Waals surface area contributed by atoms with E-state index in [1.165, 1.54) is 44.1 Å². The van der Waals surface area contributed by atoms with Crippen LogP contribution in [-0.4, -0.2) is 14.2 Å². The molecule has 114 valence electrons. The summed E-state index contributed by atoms with van der Waals surface area (Å²) in [4.78, 5) is 0. The first-order valence-electron chi connectivity index (χ1n) is 8.15. The van der Waals surface area contributed by atoms with Crippen LogP contribution in [0.5, 0.6) is 11.5 Å². The van der Waals surface area contributed by atoms with Crippen LogP contribution in [0.15, 0.2) is 12.1 Å². The lowest BCUT2D eigenvalue weighted by Crippen LogP contribution is -2.48. The molecule has 0 atom stereocenters. The molecule has 4 aliphatic rings. The van der Waals surface area contributed by atoms with Gasteiger partial charge in [-0.25, -0.2) is 0 Å². The lowest BCUT2D eigenvalue weighted by Gasteiger charge is -2.57. The molecular weight excluding hydrogens is 262 g/mol. The van der Waals surface area contributed by atoms with Crippen molar-refractivity contribution in [1.82, 2.24) is 0 Å². The van der Waals surface area contributed by atoms with E-state index in [9.17, 15) is 0 Å². The van der Waals surface area contributed by atoms with Crippen LogP contribution >= 0.6 is 0 Å².